The lowest BCUT2D eigenvalue weighted by atomic mass is 10.00. The summed E-state index contributed by atoms with van der Waals surface area (Å²) in [6.45, 7) is 1.28. The maximum Gasteiger partial charge on any atom is 0.321 e. The minimum Gasteiger partial charge on any atom is -0.424 e. The summed E-state index contributed by atoms with van der Waals surface area (Å²) in [7, 11) is 0. The largest absolute Gasteiger partial charge is 0.424 e. The predicted octanol–water partition coefficient (Wildman–Crippen LogP) is 5.04. The second-order valence-electron chi connectivity index (χ2n) is 9.52. The molecule has 1 fully saturated rings. The molecule has 1 aliphatic heterocycles. The summed E-state index contributed by atoms with van der Waals surface area (Å²) >= 11 is 6.58. The molecule has 4 heterocycles. The van der Waals surface area contributed by atoms with Gasteiger partial charge in [-0.1, -0.05) is 11.6 Å². The fourth-order valence-electron chi connectivity index (χ4n) is 5.26. The Kier molecular flexibility index (Phi) is 6.77. The Morgan fingerprint density at radius 2 is 1.95 bits per heavy atom. The first-order valence-corrected chi connectivity index (χ1v) is 13.0. The third-order valence-electron chi connectivity index (χ3n) is 7.09. The Morgan fingerprint density at radius 1 is 1.15 bits per heavy atom. The number of aliphatic hydroxyl groups excluding tert-OH is 1. The van der Waals surface area contributed by atoms with E-state index in [1.807, 2.05) is 4.57 Å². The van der Waals surface area contributed by atoms with Crippen molar-refractivity contribution >= 4 is 39.4 Å². The molecule has 5 aromatic rings. The van der Waals surface area contributed by atoms with Crippen LogP contribution in [-0.2, 0) is 4.79 Å². The van der Waals surface area contributed by atoms with Gasteiger partial charge >= 0.3 is 6.01 Å². The minimum atomic E-state index is -1.39. The topological polar surface area (TPSA) is 106 Å². The van der Waals surface area contributed by atoms with Crippen molar-refractivity contribution in [1.29, 1.82) is 0 Å². The highest BCUT2D eigenvalue weighted by Gasteiger charge is 2.34. The second-order valence-corrected chi connectivity index (χ2v) is 9.92. The average molecular weight is 565 g/mol. The number of pyridine rings is 1. The molecule has 1 saturated heterocycles. The SMILES string of the molecule is Cc1nc2cnc3cc(F)c(-c4ccc(Oc5ncccn5)cc4Cl)cc3c2n1C1CCN(C(=O)CO)CC1F. The highest BCUT2D eigenvalue weighted by Crippen LogP contribution is 2.38. The van der Waals surface area contributed by atoms with Crippen LogP contribution in [0.25, 0.3) is 33.1 Å². The number of hydrogen-bond acceptors (Lipinski definition) is 7. The molecule has 6 rings (SSSR count). The first-order chi connectivity index (χ1) is 19.3. The molecule has 0 radical (unpaired) electrons. The van der Waals surface area contributed by atoms with Gasteiger partial charge < -0.3 is 19.3 Å². The third kappa shape index (κ3) is 4.61. The van der Waals surface area contributed by atoms with E-state index in [4.69, 9.17) is 16.3 Å². The van der Waals surface area contributed by atoms with Gasteiger partial charge in [-0.25, -0.2) is 23.7 Å². The number of likely N-dealkylation sites (tertiary alicyclic amines) is 1. The number of aliphatic hydroxyl groups is 1. The van der Waals surface area contributed by atoms with E-state index >= 15 is 8.78 Å². The number of aryl methyl sites for hydroxylation is 1. The van der Waals surface area contributed by atoms with Crippen LogP contribution in [0.5, 0.6) is 11.8 Å². The van der Waals surface area contributed by atoms with Crippen molar-refractivity contribution in [2.45, 2.75) is 25.6 Å². The van der Waals surface area contributed by atoms with Crippen molar-refractivity contribution in [1.82, 2.24) is 29.4 Å². The van der Waals surface area contributed by atoms with Gasteiger partial charge in [-0.3, -0.25) is 9.78 Å². The van der Waals surface area contributed by atoms with Crippen molar-refractivity contribution in [3.8, 4) is 22.9 Å². The van der Waals surface area contributed by atoms with Gasteiger partial charge in [0.25, 0.3) is 0 Å². The Morgan fingerprint density at radius 3 is 2.67 bits per heavy atom. The number of ether oxygens (including phenoxy) is 1. The molecule has 2 aromatic carbocycles. The van der Waals surface area contributed by atoms with E-state index in [1.165, 1.54) is 11.0 Å². The Labute approximate surface area is 232 Å². The van der Waals surface area contributed by atoms with Crippen LogP contribution in [0.4, 0.5) is 8.78 Å². The van der Waals surface area contributed by atoms with Crippen molar-refractivity contribution < 1.29 is 23.4 Å². The minimum absolute atomic E-state index is 0.135. The normalized spacial score (nSPS) is 17.5. The molecule has 3 aromatic heterocycles. The number of rotatable bonds is 5. The predicted molar refractivity (Wildman–Crippen MR) is 144 cm³/mol. The van der Waals surface area contributed by atoms with Crippen LogP contribution in [-0.4, -0.2) is 66.3 Å². The van der Waals surface area contributed by atoms with E-state index in [0.717, 1.165) is 0 Å². The number of amides is 1. The monoisotopic (exact) mass is 564 g/mol. The summed E-state index contributed by atoms with van der Waals surface area (Å²) in [6.07, 6.45) is 3.58. The summed E-state index contributed by atoms with van der Waals surface area (Å²) in [6, 6.07) is 9.03. The number of aromatic nitrogens is 5. The van der Waals surface area contributed by atoms with Crippen molar-refractivity contribution in [2.24, 2.45) is 0 Å². The number of benzene rings is 2. The van der Waals surface area contributed by atoms with Crippen LogP contribution in [0.2, 0.25) is 5.02 Å². The average Bonchev–Trinajstić information content (AvgIpc) is 3.29. The lowest BCUT2D eigenvalue weighted by Gasteiger charge is -2.35. The number of alkyl halides is 1. The first-order valence-electron chi connectivity index (χ1n) is 12.6. The van der Waals surface area contributed by atoms with E-state index < -0.39 is 30.5 Å². The summed E-state index contributed by atoms with van der Waals surface area (Å²) in [5.74, 6) is -0.0673. The first kappa shape index (κ1) is 26.0. The molecule has 2 atom stereocenters. The molecule has 2 unspecified atom stereocenters. The lowest BCUT2D eigenvalue weighted by molar-refractivity contribution is -0.137. The zero-order chi connectivity index (χ0) is 28.0. The summed E-state index contributed by atoms with van der Waals surface area (Å²) in [5, 5.41) is 10.0. The Bertz CT molecular complexity index is 1750. The Balaban J connectivity index is 1.43. The molecule has 204 valence electrons. The number of piperidine rings is 1. The van der Waals surface area contributed by atoms with Crippen LogP contribution in [0.15, 0.2) is 55.0 Å². The van der Waals surface area contributed by atoms with Crippen molar-refractivity contribution in [3.63, 3.8) is 0 Å². The molecule has 0 saturated carbocycles. The smallest absolute Gasteiger partial charge is 0.321 e. The van der Waals surface area contributed by atoms with Gasteiger partial charge in [-0.2, -0.15) is 0 Å². The molecular formula is C28H23ClF2N6O3. The number of imidazole rings is 1. The second kappa shape index (κ2) is 10.4. The highest BCUT2D eigenvalue weighted by atomic mass is 35.5. The van der Waals surface area contributed by atoms with Gasteiger partial charge in [-0.05, 0) is 37.6 Å². The van der Waals surface area contributed by atoms with E-state index in [1.54, 1.807) is 55.8 Å². The van der Waals surface area contributed by atoms with Gasteiger partial charge in [0, 0.05) is 47.6 Å². The molecule has 1 amide bonds. The van der Waals surface area contributed by atoms with Gasteiger partial charge in [0.05, 0.1) is 34.8 Å². The molecule has 0 bridgehead atoms. The third-order valence-corrected chi connectivity index (χ3v) is 7.40. The molecular weight excluding hydrogens is 542 g/mol. The number of hydrogen-bond donors (Lipinski definition) is 1. The quantitative estimate of drug-likeness (QED) is 0.319. The molecule has 12 heteroatoms. The number of halogens is 3. The fourth-order valence-corrected chi connectivity index (χ4v) is 5.53. The van der Waals surface area contributed by atoms with Crippen LogP contribution >= 0.6 is 11.6 Å². The highest BCUT2D eigenvalue weighted by molar-refractivity contribution is 6.33. The van der Waals surface area contributed by atoms with Gasteiger partial charge in [-0.15, -0.1) is 0 Å². The molecule has 1 N–H and O–H groups in total. The van der Waals surface area contributed by atoms with E-state index in [0.29, 0.717) is 52.0 Å². The number of carbonyl (C=O) groups excluding carboxylic acids is 1. The maximum atomic E-state index is 15.5. The molecule has 40 heavy (non-hydrogen) atoms. The van der Waals surface area contributed by atoms with E-state index in [-0.39, 0.29) is 23.1 Å². The van der Waals surface area contributed by atoms with Gasteiger partial charge in [0.1, 0.15) is 35.7 Å². The zero-order valence-electron chi connectivity index (χ0n) is 21.3. The van der Waals surface area contributed by atoms with Crippen molar-refractivity contribution in [3.05, 3.63) is 71.7 Å². The molecule has 9 nitrogen and oxygen atoms in total. The van der Waals surface area contributed by atoms with Crippen LogP contribution in [0, 0.1) is 12.7 Å². The van der Waals surface area contributed by atoms with Gasteiger partial charge in [0.2, 0.25) is 5.91 Å². The maximum absolute atomic E-state index is 15.5. The van der Waals surface area contributed by atoms with Crippen molar-refractivity contribution in [2.75, 3.05) is 19.7 Å². The summed E-state index contributed by atoms with van der Waals surface area (Å²) in [4.78, 5) is 30.3. The van der Waals surface area contributed by atoms with E-state index in [2.05, 4.69) is 19.9 Å². The molecule has 0 spiro atoms. The van der Waals surface area contributed by atoms with Gasteiger partial charge in [0.15, 0.2) is 0 Å². The Hall–Kier alpha value is -4.22. The summed E-state index contributed by atoms with van der Waals surface area (Å²) in [5.41, 5.74) is 2.22. The standard InChI is InChI=1S/C28H23ClF2N6O3/c1-15-35-24-12-34-23-11-21(30)18(17-4-3-16(9-20(17)29)40-28-32-6-2-7-33-28)10-19(23)27(24)37(15)25-5-8-36(13-22(25)31)26(39)14-38/h2-4,6-7,9-12,22,25,38H,5,8,13-14H2,1H3. The van der Waals surface area contributed by atoms with Crippen LogP contribution in [0.1, 0.15) is 18.3 Å². The van der Waals surface area contributed by atoms with Crippen LogP contribution in [0.3, 0.4) is 0 Å². The zero-order valence-corrected chi connectivity index (χ0v) is 22.0. The molecule has 0 aliphatic carbocycles. The summed E-state index contributed by atoms with van der Waals surface area (Å²) < 4.78 is 38.3. The van der Waals surface area contributed by atoms with E-state index in [9.17, 15) is 9.90 Å². The number of fused-ring (bicyclic) bond motifs is 3. The molecule has 1 aliphatic rings. The van der Waals surface area contributed by atoms with Crippen LogP contribution < -0.4 is 4.74 Å². The number of nitrogens with zero attached hydrogens (tertiary/aromatic N) is 6. The fraction of sp³-hybridized carbons (Fsp3) is 0.250. The number of carbonyl (C=O) groups is 1. The lowest BCUT2D eigenvalue weighted by Crippen LogP contribution is -2.46.